The number of esters is 1. The van der Waals surface area contributed by atoms with Gasteiger partial charge in [-0.25, -0.2) is 0 Å². The molecule has 0 aliphatic heterocycles. The zero-order chi connectivity index (χ0) is 45.1. The highest BCUT2D eigenvalue weighted by atomic mass is 16.5. The molecule has 0 spiro atoms. The van der Waals surface area contributed by atoms with E-state index in [-0.39, 0.29) is 18.5 Å². The first kappa shape index (κ1) is 60.6. The second-order valence-electron chi connectivity index (χ2n) is 19.3. The summed E-state index contributed by atoms with van der Waals surface area (Å²) in [5.41, 5.74) is 0. The number of rotatable bonds is 52. The Morgan fingerprint density at radius 1 is 0.435 bits per heavy atom. The van der Waals surface area contributed by atoms with Gasteiger partial charge in [0.25, 0.3) is 0 Å². The van der Waals surface area contributed by atoms with Crippen molar-refractivity contribution in [1.82, 2.24) is 5.32 Å². The van der Waals surface area contributed by atoms with Gasteiger partial charge in [0.15, 0.2) is 0 Å². The predicted molar refractivity (Wildman–Crippen MR) is 269 cm³/mol. The minimum absolute atomic E-state index is 0.00343. The lowest BCUT2D eigenvalue weighted by Crippen LogP contribution is -2.45. The quantitative estimate of drug-likeness (QED) is 0.0321. The Hall–Kier alpha value is -1.40. The summed E-state index contributed by atoms with van der Waals surface area (Å²) >= 11 is 0. The Kier molecular flexibility index (Phi) is 51.0. The average Bonchev–Trinajstić information content (AvgIpc) is 3.27. The standard InChI is InChI=1S/C56H109NO5/c1-3-5-7-9-11-13-15-17-21-25-28-32-36-40-44-48-54(59)53(52-58)57-55(60)49-45-41-37-33-29-26-22-19-18-20-23-27-31-35-39-43-47-51-62-56(61)50-46-42-38-34-30-24-16-14-12-10-8-6-4-2/h14,16,53-54,58-59H,3-13,15,17-52H2,1-2H3,(H,57,60)/b16-14-. The smallest absolute Gasteiger partial charge is 0.305 e. The van der Waals surface area contributed by atoms with Crippen molar-refractivity contribution in [2.45, 2.75) is 321 Å². The van der Waals surface area contributed by atoms with Crippen molar-refractivity contribution in [2.24, 2.45) is 0 Å². The van der Waals surface area contributed by atoms with E-state index in [1.165, 1.54) is 231 Å². The number of hydrogen-bond donors (Lipinski definition) is 3. The van der Waals surface area contributed by atoms with E-state index in [0.29, 0.717) is 25.9 Å². The van der Waals surface area contributed by atoms with Crippen LogP contribution >= 0.6 is 0 Å². The number of ether oxygens (including phenoxy) is 1. The van der Waals surface area contributed by atoms with Crippen LogP contribution < -0.4 is 5.32 Å². The molecule has 0 aliphatic rings. The third-order valence-electron chi connectivity index (χ3n) is 13.1. The van der Waals surface area contributed by atoms with Crippen LogP contribution in [0.1, 0.15) is 309 Å². The molecule has 0 radical (unpaired) electrons. The number of hydrogen-bond acceptors (Lipinski definition) is 5. The predicted octanol–water partition coefficient (Wildman–Crippen LogP) is 16.9. The van der Waals surface area contributed by atoms with Crippen LogP contribution in [0.4, 0.5) is 0 Å². The van der Waals surface area contributed by atoms with E-state index in [1.807, 2.05) is 0 Å². The third-order valence-corrected chi connectivity index (χ3v) is 13.1. The number of carbonyl (C=O) groups is 2. The van der Waals surface area contributed by atoms with Crippen LogP contribution in [-0.4, -0.2) is 47.4 Å². The Labute approximate surface area is 387 Å². The summed E-state index contributed by atoms with van der Waals surface area (Å²) in [7, 11) is 0. The van der Waals surface area contributed by atoms with Crippen molar-refractivity contribution in [3.8, 4) is 0 Å². The SMILES string of the molecule is CCCCCC/C=C\CCCCCCCC(=O)OCCCCCCCCCCCCCCCCCCCC(=O)NC(CO)C(O)CCCCCCCCCCCCCCCCC. The molecular weight excluding hydrogens is 767 g/mol. The first-order chi connectivity index (χ1) is 30.5. The molecule has 6 heteroatoms. The largest absolute Gasteiger partial charge is 0.466 e. The fourth-order valence-electron chi connectivity index (χ4n) is 8.75. The van der Waals surface area contributed by atoms with Gasteiger partial charge in [0.05, 0.1) is 25.4 Å². The maximum atomic E-state index is 12.5. The normalized spacial score (nSPS) is 12.6. The molecule has 0 saturated heterocycles. The van der Waals surface area contributed by atoms with Gasteiger partial charge in [-0.15, -0.1) is 0 Å². The molecule has 0 aliphatic carbocycles. The van der Waals surface area contributed by atoms with Gasteiger partial charge in [0.1, 0.15) is 0 Å². The van der Waals surface area contributed by atoms with Crippen LogP contribution in [0.25, 0.3) is 0 Å². The molecule has 62 heavy (non-hydrogen) atoms. The Morgan fingerprint density at radius 2 is 0.758 bits per heavy atom. The van der Waals surface area contributed by atoms with Crippen LogP contribution in [-0.2, 0) is 14.3 Å². The molecule has 0 aromatic rings. The van der Waals surface area contributed by atoms with Gasteiger partial charge >= 0.3 is 5.97 Å². The molecule has 0 heterocycles. The number of carbonyl (C=O) groups excluding carboxylic acids is 2. The molecular formula is C56H109NO5. The minimum Gasteiger partial charge on any atom is -0.466 e. The van der Waals surface area contributed by atoms with Crippen molar-refractivity contribution >= 4 is 11.9 Å². The van der Waals surface area contributed by atoms with Crippen molar-refractivity contribution in [3.63, 3.8) is 0 Å². The molecule has 0 saturated carbocycles. The molecule has 6 nitrogen and oxygen atoms in total. The van der Waals surface area contributed by atoms with Crippen molar-refractivity contribution in [1.29, 1.82) is 0 Å². The van der Waals surface area contributed by atoms with Gasteiger partial charge in [-0.05, 0) is 51.4 Å². The average molecular weight is 876 g/mol. The van der Waals surface area contributed by atoms with Crippen molar-refractivity contribution in [2.75, 3.05) is 13.2 Å². The van der Waals surface area contributed by atoms with Crippen LogP contribution in [0.5, 0.6) is 0 Å². The van der Waals surface area contributed by atoms with Gasteiger partial charge in [-0.2, -0.15) is 0 Å². The van der Waals surface area contributed by atoms with Gasteiger partial charge in [0, 0.05) is 12.8 Å². The lowest BCUT2D eigenvalue weighted by atomic mass is 10.0. The van der Waals surface area contributed by atoms with Gasteiger partial charge in [-0.1, -0.05) is 257 Å². The fourth-order valence-corrected chi connectivity index (χ4v) is 8.75. The third kappa shape index (κ3) is 48.1. The minimum atomic E-state index is -0.667. The van der Waals surface area contributed by atoms with Gasteiger partial charge < -0.3 is 20.3 Å². The van der Waals surface area contributed by atoms with Crippen LogP contribution in [0.3, 0.4) is 0 Å². The zero-order valence-electron chi connectivity index (χ0n) is 41.9. The monoisotopic (exact) mass is 876 g/mol. The van der Waals surface area contributed by atoms with E-state index in [1.54, 1.807) is 0 Å². The summed E-state index contributed by atoms with van der Waals surface area (Å²) in [6, 6.07) is -0.544. The summed E-state index contributed by atoms with van der Waals surface area (Å²) in [5.74, 6) is -0.0422. The number of unbranched alkanes of at least 4 members (excludes halogenated alkanes) is 39. The highest BCUT2D eigenvalue weighted by molar-refractivity contribution is 5.76. The lowest BCUT2D eigenvalue weighted by molar-refractivity contribution is -0.143. The van der Waals surface area contributed by atoms with Gasteiger partial charge in [0.2, 0.25) is 5.91 Å². The maximum absolute atomic E-state index is 12.5. The van der Waals surface area contributed by atoms with Crippen LogP contribution in [0.15, 0.2) is 12.2 Å². The number of amides is 1. The van der Waals surface area contributed by atoms with E-state index >= 15 is 0 Å². The molecule has 1 amide bonds. The molecule has 2 atom stereocenters. The topological polar surface area (TPSA) is 95.9 Å². The Bertz CT molecular complexity index is 924. The molecule has 3 N–H and O–H groups in total. The molecule has 0 aromatic heterocycles. The summed E-state index contributed by atoms with van der Waals surface area (Å²) in [4.78, 5) is 24.5. The van der Waals surface area contributed by atoms with E-state index in [2.05, 4.69) is 31.3 Å². The highest BCUT2D eigenvalue weighted by Gasteiger charge is 2.20. The number of nitrogens with one attached hydrogen (secondary N) is 1. The summed E-state index contributed by atoms with van der Waals surface area (Å²) in [6.07, 6.45) is 60.5. The molecule has 0 bridgehead atoms. The van der Waals surface area contributed by atoms with E-state index in [4.69, 9.17) is 4.74 Å². The summed E-state index contributed by atoms with van der Waals surface area (Å²) in [5, 5.41) is 23.3. The summed E-state index contributed by atoms with van der Waals surface area (Å²) in [6.45, 7) is 4.94. The number of aliphatic hydroxyl groups excluding tert-OH is 2. The lowest BCUT2D eigenvalue weighted by Gasteiger charge is -2.22. The Morgan fingerprint density at radius 3 is 1.16 bits per heavy atom. The Balaban J connectivity index is 3.41. The summed E-state index contributed by atoms with van der Waals surface area (Å²) < 4.78 is 5.46. The van der Waals surface area contributed by atoms with Crippen molar-refractivity contribution < 1.29 is 24.5 Å². The van der Waals surface area contributed by atoms with E-state index in [0.717, 1.165) is 44.9 Å². The van der Waals surface area contributed by atoms with Crippen LogP contribution in [0, 0.1) is 0 Å². The van der Waals surface area contributed by atoms with Crippen molar-refractivity contribution in [3.05, 3.63) is 12.2 Å². The molecule has 0 fully saturated rings. The van der Waals surface area contributed by atoms with E-state index < -0.39 is 12.1 Å². The van der Waals surface area contributed by atoms with E-state index in [9.17, 15) is 19.8 Å². The van der Waals surface area contributed by atoms with Crippen LogP contribution in [0.2, 0.25) is 0 Å². The molecule has 368 valence electrons. The fraction of sp³-hybridized carbons (Fsp3) is 0.929. The molecule has 0 rings (SSSR count). The maximum Gasteiger partial charge on any atom is 0.305 e. The number of allylic oxidation sites excluding steroid dienone is 2. The first-order valence-electron chi connectivity index (χ1n) is 27.9. The number of aliphatic hydroxyl groups is 2. The molecule has 0 aromatic carbocycles. The second-order valence-corrected chi connectivity index (χ2v) is 19.3. The van der Waals surface area contributed by atoms with Gasteiger partial charge in [-0.3, -0.25) is 9.59 Å². The molecule has 2 unspecified atom stereocenters. The zero-order valence-corrected chi connectivity index (χ0v) is 41.9. The first-order valence-corrected chi connectivity index (χ1v) is 27.9. The highest BCUT2D eigenvalue weighted by Crippen LogP contribution is 2.17. The second kappa shape index (κ2) is 52.2.